The van der Waals surface area contributed by atoms with E-state index in [1.165, 1.54) is 0 Å². The SMILES string of the molecule is C[C@H]1CC2(OCCO2)[C@H]2CCC[C@H](O)[C@@H]2[C@@H]1CO. The summed E-state index contributed by atoms with van der Waals surface area (Å²) >= 11 is 0. The van der Waals surface area contributed by atoms with Crippen LogP contribution in [0.2, 0.25) is 0 Å². The van der Waals surface area contributed by atoms with Crippen molar-refractivity contribution in [2.24, 2.45) is 23.7 Å². The van der Waals surface area contributed by atoms with Crippen molar-refractivity contribution in [2.75, 3.05) is 19.8 Å². The molecule has 0 amide bonds. The summed E-state index contributed by atoms with van der Waals surface area (Å²) in [6, 6.07) is 0. The maximum absolute atomic E-state index is 10.3. The largest absolute Gasteiger partial charge is 0.396 e. The van der Waals surface area contributed by atoms with Crippen LogP contribution >= 0.6 is 0 Å². The highest BCUT2D eigenvalue weighted by Crippen LogP contribution is 2.53. The summed E-state index contributed by atoms with van der Waals surface area (Å²) in [6.45, 7) is 3.63. The number of aliphatic hydroxyl groups excluding tert-OH is 2. The zero-order valence-corrected chi connectivity index (χ0v) is 11.0. The summed E-state index contributed by atoms with van der Waals surface area (Å²) in [7, 11) is 0. The van der Waals surface area contributed by atoms with E-state index >= 15 is 0 Å². The highest BCUT2D eigenvalue weighted by atomic mass is 16.7. The number of aliphatic hydroxyl groups is 2. The minimum atomic E-state index is -0.475. The third-order valence-corrected chi connectivity index (χ3v) is 5.31. The van der Waals surface area contributed by atoms with Crippen LogP contribution in [-0.2, 0) is 9.47 Å². The van der Waals surface area contributed by atoms with Crippen molar-refractivity contribution in [2.45, 2.75) is 44.5 Å². The molecule has 0 aromatic heterocycles. The van der Waals surface area contributed by atoms with Gasteiger partial charge in [0.15, 0.2) is 5.79 Å². The molecule has 104 valence electrons. The summed E-state index contributed by atoms with van der Waals surface area (Å²) < 4.78 is 11.9. The van der Waals surface area contributed by atoms with Crippen LogP contribution in [-0.4, -0.2) is 41.9 Å². The monoisotopic (exact) mass is 256 g/mol. The second-order valence-corrected chi connectivity index (χ2v) is 6.22. The highest BCUT2D eigenvalue weighted by molar-refractivity contribution is 5.01. The first-order chi connectivity index (χ1) is 8.68. The maximum atomic E-state index is 10.3. The van der Waals surface area contributed by atoms with Crippen LogP contribution in [0.3, 0.4) is 0 Å². The predicted molar refractivity (Wildman–Crippen MR) is 65.8 cm³/mol. The van der Waals surface area contributed by atoms with Crippen molar-refractivity contribution >= 4 is 0 Å². The van der Waals surface area contributed by atoms with Crippen molar-refractivity contribution in [3.63, 3.8) is 0 Å². The van der Waals surface area contributed by atoms with Crippen molar-refractivity contribution in [1.82, 2.24) is 0 Å². The van der Waals surface area contributed by atoms with E-state index in [0.717, 1.165) is 25.7 Å². The highest BCUT2D eigenvalue weighted by Gasteiger charge is 2.57. The Bertz CT molecular complexity index is 300. The molecule has 2 saturated carbocycles. The summed E-state index contributed by atoms with van der Waals surface area (Å²) in [5.41, 5.74) is 0. The van der Waals surface area contributed by atoms with Crippen molar-refractivity contribution in [3.8, 4) is 0 Å². The molecule has 3 rings (SSSR count). The van der Waals surface area contributed by atoms with Crippen molar-refractivity contribution < 1.29 is 19.7 Å². The molecule has 18 heavy (non-hydrogen) atoms. The van der Waals surface area contributed by atoms with E-state index < -0.39 is 5.79 Å². The van der Waals surface area contributed by atoms with Crippen LogP contribution in [0.4, 0.5) is 0 Å². The first-order valence-corrected chi connectivity index (χ1v) is 7.25. The molecule has 3 aliphatic rings. The van der Waals surface area contributed by atoms with Gasteiger partial charge in [-0.1, -0.05) is 13.3 Å². The molecule has 2 aliphatic carbocycles. The number of fused-ring (bicyclic) bond motifs is 2. The van der Waals surface area contributed by atoms with Gasteiger partial charge in [0.25, 0.3) is 0 Å². The van der Waals surface area contributed by atoms with Gasteiger partial charge in [-0.25, -0.2) is 0 Å². The van der Waals surface area contributed by atoms with Crippen LogP contribution in [0.5, 0.6) is 0 Å². The Balaban J connectivity index is 1.92. The number of ether oxygens (including phenoxy) is 2. The lowest BCUT2D eigenvalue weighted by Gasteiger charge is -2.53. The van der Waals surface area contributed by atoms with E-state index in [4.69, 9.17) is 9.47 Å². The van der Waals surface area contributed by atoms with Gasteiger partial charge in [0.1, 0.15) is 0 Å². The van der Waals surface area contributed by atoms with E-state index in [2.05, 4.69) is 6.92 Å². The van der Waals surface area contributed by atoms with Gasteiger partial charge in [-0.15, -0.1) is 0 Å². The van der Waals surface area contributed by atoms with E-state index in [9.17, 15) is 10.2 Å². The van der Waals surface area contributed by atoms with E-state index in [-0.39, 0.29) is 30.5 Å². The molecule has 4 nitrogen and oxygen atoms in total. The number of hydrogen-bond donors (Lipinski definition) is 2. The Labute approximate surface area is 108 Å². The quantitative estimate of drug-likeness (QED) is 0.739. The Morgan fingerprint density at radius 2 is 1.94 bits per heavy atom. The van der Waals surface area contributed by atoms with Crippen LogP contribution in [0.25, 0.3) is 0 Å². The standard InChI is InChI=1S/C14H24O4/c1-9-7-14(17-5-6-18-14)11-3-2-4-12(16)13(11)10(9)8-15/h9-13,15-16H,2-8H2,1H3/t9-,10+,11-,12-,13+/m0/s1. The summed E-state index contributed by atoms with van der Waals surface area (Å²) in [4.78, 5) is 0. The molecule has 0 bridgehead atoms. The van der Waals surface area contributed by atoms with E-state index in [1.54, 1.807) is 0 Å². The summed E-state index contributed by atoms with van der Waals surface area (Å²) in [5.74, 6) is 0.422. The van der Waals surface area contributed by atoms with Crippen LogP contribution in [0, 0.1) is 23.7 Å². The molecule has 4 heteroatoms. The third-order valence-electron chi connectivity index (χ3n) is 5.31. The lowest BCUT2D eigenvalue weighted by molar-refractivity contribution is -0.267. The van der Waals surface area contributed by atoms with Crippen LogP contribution in [0.1, 0.15) is 32.6 Å². The van der Waals surface area contributed by atoms with Gasteiger partial charge < -0.3 is 19.7 Å². The smallest absolute Gasteiger partial charge is 0.171 e. The molecule has 1 heterocycles. The van der Waals surface area contributed by atoms with Gasteiger partial charge in [-0.3, -0.25) is 0 Å². The Hall–Kier alpha value is -0.160. The number of hydrogen-bond acceptors (Lipinski definition) is 4. The van der Waals surface area contributed by atoms with Gasteiger partial charge in [0, 0.05) is 18.9 Å². The molecule has 0 aromatic carbocycles. The van der Waals surface area contributed by atoms with Gasteiger partial charge >= 0.3 is 0 Å². The molecule has 2 N–H and O–H groups in total. The van der Waals surface area contributed by atoms with Crippen molar-refractivity contribution in [3.05, 3.63) is 0 Å². The zero-order chi connectivity index (χ0) is 12.8. The molecule has 1 saturated heterocycles. The fourth-order valence-corrected chi connectivity index (χ4v) is 4.53. The van der Waals surface area contributed by atoms with E-state index in [1.807, 2.05) is 0 Å². The molecular weight excluding hydrogens is 232 g/mol. The average Bonchev–Trinajstić information content (AvgIpc) is 2.80. The number of rotatable bonds is 1. The van der Waals surface area contributed by atoms with Crippen LogP contribution < -0.4 is 0 Å². The third kappa shape index (κ3) is 1.82. The Morgan fingerprint density at radius 1 is 1.22 bits per heavy atom. The topological polar surface area (TPSA) is 58.9 Å². The minimum absolute atomic E-state index is 0.130. The second-order valence-electron chi connectivity index (χ2n) is 6.22. The normalized spacial score (nSPS) is 47.2. The summed E-state index contributed by atoms with van der Waals surface area (Å²) in [6.07, 6.45) is 3.47. The predicted octanol–water partition coefficient (Wildman–Crippen LogP) is 1.15. The minimum Gasteiger partial charge on any atom is -0.396 e. The Morgan fingerprint density at radius 3 is 2.61 bits per heavy atom. The molecular formula is C14H24O4. The molecule has 3 fully saturated rings. The zero-order valence-electron chi connectivity index (χ0n) is 11.0. The lowest BCUT2D eigenvalue weighted by Crippen LogP contribution is -2.57. The fourth-order valence-electron chi connectivity index (χ4n) is 4.53. The molecule has 0 radical (unpaired) electrons. The second kappa shape index (κ2) is 4.75. The molecule has 0 aromatic rings. The first-order valence-electron chi connectivity index (χ1n) is 7.25. The maximum Gasteiger partial charge on any atom is 0.171 e. The summed E-state index contributed by atoms with van der Waals surface area (Å²) in [5, 5.41) is 20.0. The van der Waals surface area contributed by atoms with Gasteiger partial charge in [0.2, 0.25) is 0 Å². The molecule has 1 spiro atoms. The Kier molecular flexibility index (Phi) is 3.39. The molecule has 0 unspecified atom stereocenters. The van der Waals surface area contributed by atoms with Gasteiger partial charge in [-0.05, 0) is 30.6 Å². The van der Waals surface area contributed by atoms with E-state index in [0.29, 0.717) is 19.1 Å². The molecule has 1 aliphatic heterocycles. The fraction of sp³-hybridized carbons (Fsp3) is 1.00. The van der Waals surface area contributed by atoms with Crippen LogP contribution in [0.15, 0.2) is 0 Å². The van der Waals surface area contributed by atoms with Gasteiger partial charge in [-0.2, -0.15) is 0 Å². The van der Waals surface area contributed by atoms with Crippen molar-refractivity contribution in [1.29, 1.82) is 0 Å². The molecule has 5 atom stereocenters. The lowest BCUT2D eigenvalue weighted by atomic mass is 9.58. The van der Waals surface area contributed by atoms with Gasteiger partial charge in [0.05, 0.1) is 19.3 Å². The average molecular weight is 256 g/mol. The first kappa shape index (κ1) is 12.9.